The lowest BCUT2D eigenvalue weighted by Gasteiger charge is -2.25. The normalized spacial score (nSPS) is 14.7. The monoisotopic (exact) mass is 465 g/mol. The molecule has 0 saturated carbocycles. The molecule has 33 heavy (non-hydrogen) atoms. The number of nitrogens with zero attached hydrogens (tertiary/aromatic N) is 1. The lowest BCUT2D eigenvalue weighted by Crippen LogP contribution is -2.35. The van der Waals surface area contributed by atoms with E-state index in [1.807, 2.05) is 36.4 Å². The highest BCUT2D eigenvalue weighted by Gasteiger charge is 2.25. The van der Waals surface area contributed by atoms with E-state index in [-0.39, 0.29) is 29.7 Å². The Kier molecular flexibility index (Phi) is 7.05. The molecule has 0 aromatic heterocycles. The number of carbonyl (C=O) groups is 2. The highest BCUT2D eigenvalue weighted by atomic mass is 32.2. The summed E-state index contributed by atoms with van der Waals surface area (Å²) in [5.41, 5.74) is 1.05. The number of rotatable bonds is 7. The van der Waals surface area contributed by atoms with E-state index in [0.717, 1.165) is 30.0 Å². The van der Waals surface area contributed by atoms with Crippen molar-refractivity contribution >= 4 is 38.3 Å². The lowest BCUT2D eigenvalue weighted by atomic mass is 10.1. The topological polar surface area (TPSA) is 95.6 Å². The first-order chi connectivity index (χ1) is 15.9. The van der Waals surface area contributed by atoms with Crippen LogP contribution >= 0.6 is 0 Å². The van der Waals surface area contributed by atoms with Crippen LogP contribution < -0.4 is 10.6 Å². The van der Waals surface area contributed by atoms with Crippen LogP contribution in [0, 0.1) is 0 Å². The van der Waals surface area contributed by atoms with Crippen LogP contribution in [0.15, 0.2) is 71.6 Å². The van der Waals surface area contributed by atoms with Crippen molar-refractivity contribution in [2.24, 2.45) is 0 Å². The van der Waals surface area contributed by atoms with Gasteiger partial charge >= 0.3 is 0 Å². The van der Waals surface area contributed by atoms with Gasteiger partial charge in [-0.05, 0) is 60.0 Å². The van der Waals surface area contributed by atoms with Crippen LogP contribution in [0.4, 0.5) is 5.69 Å². The number of amides is 2. The standard InChI is InChI=1S/C25H27N3O4S/c29-24(14-15-26-25(30)21-9-8-19-6-2-3-7-20(19)18-21)27-22-10-12-23(13-11-22)33(31,32)28-16-4-1-5-17-28/h2-3,6-13,18H,1,4-5,14-17H2,(H,26,30)(H,27,29). The summed E-state index contributed by atoms with van der Waals surface area (Å²) in [6.07, 6.45) is 2.92. The second kappa shape index (κ2) is 10.1. The van der Waals surface area contributed by atoms with Crippen molar-refractivity contribution in [3.8, 4) is 0 Å². The molecule has 1 saturated heterocycles. The zero-order valence-electron chi connectivity index (χ0n) is 18.3. The number of hydrogen-bond acceptors (Lipinski definition) is 4. The smallest absolute Gasteiger partial charge is 0.251 e. The number of anilines is 1. The predicted molar refractivity (Wildman–Crippen MR) is 129 cm³/mol. The van der Waals surface area contributed by atoms with Gasteiger partial charge in [0.15, 0.2) is 0 Å². The molecule has 0 spiro atoms. The quantitative estimate of drug-likeness (QED) is 0.555. The van der Waals surface area contributed by atoms with Crippen molar-refractivity contribution < 1.29 is 18.0 Å². The third-order valence-electron chi connectivity index (χ3n) is 5.74. The highest BCUT2D eigenvalue weighted by Crippen LogP contribution is 2.22. The number of carbonyl (C=O) groups excluding carboxylic acids is 2. The predicted octanol–water partition coefficient (Wildman–Crippen LogP) is 3.77. The molecule has 0 bridgehead atoms. The molecule has 2 N–H and O–H groups in total. The molecule has 0 radical (unpaired) electrons. The van der Waals surface area contributed by atoms with Gasteiger partial charge < -0.3 is 10.6 Å². The van der Waals surface area contributed by atoms with Gasteiger partial charge in [-0.1, -0.05) is 36.8 Å². The van der Waals surface area contributed by atoms with E-state index in [9.17, 15) is 18.0 Å². The lowest BCUT2D eigenvalue weighted by molar-refractivity contribution is -0.116. The number of hydrogen-bond donors (Lipinski definition) is 2. The summed E-state index contributed by atoms with van der Waals surface area (Å²) in [6.45, 7) is 1.29. The van der Waals surface area contributed by atoms with Crippen LogP contribution in [0.25, 0.3) is 10.8 Å². The van der Waals surface area contributed by atoms with Crippen molar-refractivity contribution in [1.82, 2.24) is 9.62 Å². The fourth-order valence-electron chi connectivity index (χ4n) is 3.91. The molecule has 3 aromatic rings. The van der Waals surface area contributed by atoms with Gasteiger partial charge in [0.1, 0.15) is 0 Å². The molecule has 3 aromatic carbocycles. The van der Waals surface area contributed by atoms with Gasteiger partial charge in [-0.25, -0.2) is 8.42 Å². The van der Waals surface area contributed by atoms with Crippen molar-refractivity contribution in [2.75, 3.05) is 25.0 Å². The van der Waals surface area contributed by atoms with E-state index in [4.69, 9.17) is 0 Å². The van der Waals surface area contributed by atoms with E-state index in [1.165, 1.54) is 16.4 Å². The van der Waals surface area contributed by atoms with E-state index in [1.54, 1.807) is 18.2 Å². The minimum atomic E-state index is -3.50. The van der Waals surface area contributed by atoms with Gasteiger partial charge in [0, 0.05) is 37.3 Å². The van der Waals surface area contributed by atoms with Crippen LogP contribution in [0.2, 0.25) is 0 Å². The zero-order chi connectivity index (χ0) is 23.3. The average molecular weight is 466 g/mol. The van der Waals surface area contributed by atoms with Crippen LogP contribution in [-0.4, -0.2) is 44.2 Å². The Morgan fingerprint density at radius 3 is 2.27 bits per heavy atom. The molecule has 0 atom stereocenters. The molecule has 0 aliphatic carbocycles. The molecule has 0 unspecified atom stereocenters. The van der Waals surface area contributed by atoms with Crippen LogP contribution in [0.5, 0.6) is 0 Å². The number of piperidine rings is 1. The zero-order valence-corrected chi connectivity index (χ0v) is 19.1. The summed E-state index contributed by atoms with van der Waals surface area (Å²) >= 11 is 0. The van der Waals surface area contributed by atoms with Gasteiger partial charge in [-0.3, -0.25) is 9.59 Å². The second-order valence-electron chi connectivity index (χ2n) is 8.11. The summed E-state index contributed by atoms with van der Waals surface area (Å²) in [7, 11) is -3.50. The third kappa shape index (κ3) is 5.58. The summed E-state index contributed by atoms with van der Waals surface area (Å²) < 4.78 is 26.9. The van der Waals surface area contributed by atoms with Crippen molar-refractivity contribution in [1.29, 1.82) is 0 Å². The third-order valence-corrected chi connectivity index (χ3v) is 7.65. The van der Waals surface area contributed by atoms with E-state index in [0.29, 0.717) is 24.3 Å². The number of fused-ring (bicyclic) bond motifs is 1. The Morgan fingerprint density at radius 1 is 0.848 bits per heavy atom. The molecular weight excluding hydrogens is 438 g/mol. The molecule has 1 aliphatic heterocycles. The van der Waals surface area contributed by atoms with Crippen LogP contribution in [0.1, 0.15) is 36.0 Å². The van der Waals surface area contributed by atoms with Gasteiger partial charge in [-0.15, -0.1) is 0 Å². The fraction of sp³-hybridized carbons (Fsp3) is 0.280. The Balaban J connectivity index is 1.27. The van der Waals surface area contributed by atoms with Crippen molar-refractivity contribution in [3.05, 3.63) is 72.3 Å². The van der Waals surface area contributed by atoms with Gasteiger partial charge in [0.25, 0.3) is 5.91 Å². The summed E-state index contributed by atoms with van der Waals surface area (Å²) in [5.74, 6) is -0.499. The molecule has 1 aliphatic rings. The molecule has 7 nitrogen and oxygen atoms in total. The number of nitrogens with one attached hydrogen (secondary N) is 2. The first kappa shape index (κ1) is 22.9. The Bertz CT molecular complexity index is 1250. The van der Waals surface area contributed by atoms with Crippen molar-refractivity contribution in [2.45, 2.75) is 30.6 Å². The minimum Gasteiger partial charge on any atom is -0.352 e. The summed E-state index contributed by atoms with van der Waals surface area (Å²) in [5, 5.41) is 7.54. The average Bonchev–Trinajstić information content (AvgIpc) is 2.84. The molecule has 2 amide bonds. The molecule has 1 fully saturated rings. The maximum Gasteiger partial charge on any atom is 0.251 e. The van der Waals surface area contributed by atoms with Gasteiger partial charge in [0.2, 0.25) is 15.9 Å². The van der Waals surface area contributed by atoms with Crippen molar-refractivity contribution in [3.63, 3.8) is 0 Å². The van der Waals surface area contributed by atoms with Crippen LogP contribution in [0.3, 0.4) is 0 Å². The Morgan fingerprint density at radius 2 is 1.55 bits per heavy atom. The number of benzene rings is 3. The summed E-state index contributed by atoms with van der Waals surface area (Å²) in [6, 6.07) is 19.5. The number of sulfonamides is 1. The highest BCUT2D eigenvalue weighted by molar-refractivity contribution is 7.89. The van der Waals surface area contributed by atoms with E-state index >= 15 is 0 Å². The first-order valence-electron chi connectivity index (χ1n) is 11.1. The van der Waals surface area contributed by atoms with E-state index < -0.39 is 10.0 Å². The first-order valence-corrected chi connectivity index (χ1v) is 12.5. The van der Waals surface area contributed by atoms with Crippen LogP contribution in [-0.2, 0) is 14.8 Å². The molecule has 4 rings (SSSR count). The Hall–Kier alpha value is -3.23. The maximum atomic E-state index is 12.7. The molecule has 8 heteroatoms. The molecular formula is C25H27N3O4S. The second-order valence-corrected chi connectivity index (χ2v) is 10.0. The maximum absolute atomic E-state index is 12.7. The fourth-order valence-corrected chi connectivity index (χ4v) is 5.43. The Labute approximate surface area is 193 Å². The molecule has 172 valence electrons. The molecule has 1 heterocycles. The van der Waals surface area contributed by atoms with Gasteiger partial charge in [0.05, 0.1) is 4.90 Å². The SMILES string of the molecule is O=C(CCNC(=O)c1ccc2ccccc2c1)Nc1ccc(S(=O)(=O)N2CCCCC2)cc1. The minimum absolute atomic E-state index is 0.104. The summed E-state index contributed by atoms with van der Waals surface area (Å²) in [4.78, 5) is 24.9. The largest absolute Gasteiger partial charge is 0.352 e. The van der Waals surface area contributed by atoms with E-state index in [2.05, 4.69) is 10.6 Å². The van der Waals surface area contributed by atoms with Gasteiger partial charge in [-0.2, -0.15) is 4.31 Å².